The van der Waals surface area contributed by atoms with E-state index in [-0.39, 0.29) is 17.9 Å². The lowest BCUT2D eigenvalue weighted by molar-refractivity contribution is 0.0582. The molecule has 1 aromatic rings. The highest BCUT2D eigenvalue weighted by molar-refractivity contribution is 7.86. The fraction of sp³-hybridized carbons (Fsp3) is 0.667. The van der Waals surface area contributed by atoms with Crippen molar-refractivity contribution in [2.24, 2.45) is 5.92 Å². The molecular formula is C15H23N5O3S. The number of aromatic nitrogens is 2. The second kappa shape index (κ2) is 6.38. The minimum atomic E-state index is -3.47. The lowest BCUT2D eigenvalue weighted by Gasteiger charge is -2.35. The number of aryl methyl sites for hydroxylation is 1. The van der Waals surface area contributed by atoms with E-state index in [9.17, 15) is 13.2 Å². The van der Waals surface area contributed by atoms with Crippen molar-refractivity contribution in [1.82, 2.24) is 23.5 Å². The van der Waals surface area contributed by atoms with Crippen LogP contribution in [0.25, 0.3) is 0 Å². The predicted octanol–water partition coefficient (Wildman–Crippen LogP) is 0.128. The molecule has 0 unspecified atom stereocenters. The minimum Gasteiger partial charge on any atom is -0.333 e. The van der Waals surface area contributed by atoms with Crippen molar-refractivity contribution >= 4 is 16.1 Å². The fourth-order valence-corrected chi connectivity index (χ4v) is 4.58. The minimum absolute atomic E-state index is 0.117. The molecule has 0 saturated carbocycles. The standard InChI is InChI=1S/C15H23N5O3S/c1-11-6-17-14(7-16-11)15(21)20-9-12-4-5-13(20)10-19(8-12)24(22,23)18(2)3/h6-7,12-13H,4-5,8-10H2,1-3H3/t12-,13+/m1/s1. The van der Waals surface area contributed by atoms with E-state index >= 15 is 0 Å². The number of carbonyl (C=O) groups is 1. The monoisotopic (exact) mass is 353 g/mol. The molecule has 0 aliphatic carbocycles. The van der Waals surface area contributed by atoms with Gasteiger partial charge in [-0.1, -0.05) is 0 Å². The smallest absolute Gasteiger partial charge is 0.281 e. The second-order valence-corrected chi connectivity index (χ2v) is 8.85. The van der Waals surface area contributed by atoms with Crippen LogP contribution in [0.15, 0.2) is 12.4 Å². The summed E-state index contributed by atoms with van der Waals surface area (Å²) in [7, 11) is -0.398. The normalized spacial score (nSPS) is 25.1. The molecule has 3 aliphatic rings. The van der Waals surface area contributed by atoms with Gasteiger partial charge in [0.1, 0.15) is 5.69 Å². The van der Waals surface area contributed by atoms with Gasteiger partial charge in [-0.05, 0) is 25.7 Å². The number of nitrogens with zero attached hydrogens (tertiary/aromatic N) is 5. The van der Waals surface area contributed by atoms with Gasteiger partial charge in [-0.15, -0.1) is 0 Å². The van der Waals surface area contributed by atoms with Crippen LogP contribution in [0.1, 0.15) is 29.0 Å². The number of hydrogen-bond acceptors (Lipinski definition) is 5. The molecule has 8 nitrogen and oxygen atoms in total. The zero-order valence-corrected chi connectivity index (χ0v) is 15.0. The summed E-state index contributed by atoms with van der Waals surface area (Å²) in [6.07, 6.45) is 4.82. The van der Waals surface area contributed by atoms with Crippen LogP contribution in [0.2, 0.25) is 0 Å². The first-order valence-corrected chi connectivity index (χ1v) is 9.46. The van der Waals surface area contributed by atoms with E-state index < -0.39 is 10.2 Å². The van der Waals surface area contributed by atoms with Crippen LogP contribution < -0.4 is 0 Å². The first-order valence-electron chi connectivity index (χ1n) is 8.06. The van der Waals surface area contributed by atoms with Crippen molar-refractivity contribution in [2.75, 3.05) is 33.7 Å². The Morgan fingerprint density at radius 3 is 2.54 bits per heavy atom. The molecule has 0 spiro atoms. The van der Waals surface area contributed by atoms with Gasteiger partial charge < -0.3 is 4.90 Å². The molecule has 2 atom stereocenters. The molecule has 3 aliphatic heterocycles. The highest BCUT2D eigenvalue weighted by Crippen LogP contribution is 2.30. The molecular weight excluding hydrogens is 330 g/mol. The topological polar surface area (TPSA) is 86.7 Å². The van der Waals surface area contributed by atoms with Gasteiger partial charge in [0.2, 0.25) is 0 Å². The Morgan fingerprint density at radius 1 is 1.17 bits per heavy atom. The summed E-state index contributed by atoms with van der Waals surface area (Å²) in [4.78, 5) is 22.9. The number of amides is 1. The molecule has 0 N–H and O–H groups in total. The lowest BCUT2D eigenvalue weighted by atomic mass is 9.95. The molecule has 9 heteroatoms. The van der Waals surface area contributed by atoms with Crippen molar-refractivity contribution in [3.63, 3.8) is 0 Å². The number of rotatable bonds is 3. The summed E-state index contributed by atoms with van der Waals surface area (Å²) >= 11 is 0. The van der Waals surface area contributed by atoms with Crippen LogP contribution in [0.5, 0.6) is 0 Å². The summed E-state index contributed by atoms with van der Waals surface area (Å²) in [6, 6.07) is -0.117. The van der Waals surface area contributed by atoms with Crippen molar-refractivity contribution in [2.45, 2.75) is 25.8 Å². The highest BCUT2D eigenvalue weighted by atomic mass is 32.2. The average molecular weight is 353 g/mol. The van der Waals surface area contributed by atoms with Crippen molar-refractivity contribution in [1.29, 1.82) is 0 Å². The highest BCUT2D eigenvalue weighted by Gasteiger charge is 2.41. The van der Waals surface area contributed by atoms with Crippen LogP contribution in [0.3, 0.4) is 0 Å². The van der Waals surface area contributed by atoms with Gasteiger partial charge in [-0.2, -0.15) is 17.0 Å². The van der Waals surface area contributed by atoms with E-state index in [1.54, 1.807) is 11.1 Å². The SMILES string of the molecule is Cc1cnc(C(=O)N2C[C@@H]3CC[C@H]2CN(S(=O)(=O)N(C)C)C3)cn1. The molecule has 4 rings (SSSR count). The average Bonchev–Trinajstić information content (AvgIpc) is 2.87. The molecule has 2 bridgehead atoms. The van der Waals surface area contributed by atoms with Crippen LogP contribution in [0, 0.1) is 12.8 Å². The quantitative estimate of drug-likeness (QED) is 0.771. The van der Waals surface area contributed by atoms with Gasteiger partial charge in [0, 0.05) is 46.0 Å². The Hall–Kier alpha value is -1.58. The molecule has 0 aromatic carbocycles. The molecule has 3 fully saturated rings. The van der Waals surface area contributed by atoms with E-state index in [4.69, 9.17) is 0 Å². The molecule has 1 aromatic heterocycles. The zero-order valence-electron chi connectivity index (χ0n) is 14.2. The van der Waals surface area contributed by atoms with E-state index in [1.807, 2.05) is 6.92 Å². The maximum atomic E-state index is 12.8. The van der Waals surface area contributed by atoms with Crippen molar-refractivity contribution in [3.05, 3.63) is 23.8 Å². The Balaban J connectivity index is 1.83. The third-order valence-corrected chi connectivity index (χ3v) is 6.60. The largest absolute Gasteiger partial charge is 0.333 e. The van der Waals surface area contributed by atoms with Gasteiger partial charge in [0.15, 0.2) is 0 Å². The molecule has 0 radical (unpaired) electrons. The van der Waals surface area contributed by atoms with Crippen molar-refractivity contribution < 1.29 is 13.2 Å². The van der Waals surface area contributed by atoms with E-state index in [1.165, 1.54) is 28.9 Å². The lowest BCUT2D eigenvalue weighted by Crippen LogP contribution is -2.48. The maximum absolute atomic E-state index is 12.8. The Bertz CT molecular complexity index is 719. The second-order valence-electron chi connectivity index (χ2n) is 6.70. The van der Waals surface area contributed by atoms with E-state index in [2.05, 4.69) is 9.97 Å². The number of carbonyl (C=O) groups excluding carboxylic acids is 1. The fourth-order valence-electron chi connectivity index (χ4n) is 3.36. The first kappa shape index (κ1) is 17.2. The summed E-state index contributed by atoms with van der Waals surface area (Å²) in [5.74, 6) is -0.0119. The summed E-state index contributed by atoms with van der Waals surface area (Å²) in [5.41, 5.74) is 1.07. The number of fused-ring (bicyclic) bond motifs is 4. The predicted molar refractivity (Wildman–Crippen MR) is 88.5 cm³/mol. The number of piperidine rings is 1. The number of hydrogen-bond donors (Lipinski definition) is 0. The van der Waals surface area contributed by atoms with E-state index in [0.717, 1.165) is 18.5 Å². The van der Waals surface area contributed by atoms with Gasteiger partial charge >= 0.3 is 0 Å². The zero-order chi connectivity index (χ0) is 17.5. The summed E-state index contributed by atoms with van der Waals surface area (Å²) in [6.45, 7) is 3.18. The third kappa shape index (κ3) is 3.15. The maximum Gasteiger partial charge on any atom is 0.281 e. The van der Waals surface area contributed by atoms with Crippen LogP contribution in [-0.2, 0) is 10.2 Å². The van der Waals surface area contributed by atoms with Gasteiger partial charge in [-0.3, -0.25) is 9.78 Å². The molecule has 24 heavy (non-hydrogen) atoms. The van der Waals surface area contributed by atoms with Crippen molar-refractivity contribution in [3.8, 4) is 0 Å². The molecule has 3 saturated heterocycles. The Labute approximate surface area is 142 Å². The van der Waals surface area contributed by atoms with Gasteiger partial charge in [0.05, 0.1) is 11.9 Å². The van der Waals surface area contributed by atoms with Crippen LogP contribution in [-0.4, -0.2) is 77.6 Å². The molecule has 1 amide bonds. The van der Waals surface area contributed by atoms with E-state index in [0.29, 0.717) is 25.3 Å². The van der Waals surface area contributed by atoms with Crippen LogP contribution >= 0.6 is 0 Å². The van der Waals surface area contributed by atoms with Gasteiger partial charge in [-0.25, -0.2) is 4.98 Å². The summed E-state index contributed by atoms with van der Waals surface area (Å²) < 4.78 is 27.7. The molecule has 132 valence electrons. The Morgan fingerprint density at radius 2 is 1.92 bits per heavy atom. The van der Waals surface area contributed by atoms with Crippen LogP contribution in [0.4, 0.5) is 0 Å². The first-order chi connectivity index (χ1) is 11.3. The Kier molecular flexibility index (Phi) is 4.58. The van der Waals surface area contributed by atoms with Gasteiger partial charge in [0.25, 0.3) is 16.1 Å². The summed E-state index contributed by atoms with van der Waals surface area (Å²) in [5, 5.41) is 0. The molecule has 4 heterocycles. The third-order valence-electron chi connectivity index (χ3n) is 4.73.